The molecule has 0 atom stereocenters. The summed E-state index contributed by atoms with van der Waals surface area (Å²) in [5, 5.41) is 11.2. The molecule has 7 nitrogen and oxygen atoms in total. The lowest BCUT2D eigenvalue weighted by atomic mass is 10.1. The number of aromatic nitrogens is 1. The van der Waals surface area contributed by atoms with Crippen molar-refractivity contribution in [1.29, 1.82) is 0 Å². The lowest BCUT2D eigenvalue weighted by molar-refractivity contribution is 0.0949. The molecule has 0 unspecified atom stereocenters. The van der Waals surface area contributed by atoms with E-state index in [2.05, 4.69) is 15.6 Å². The predicted octanol–water partition coefficient (Wildman–Crippen LogP) is 1.28. The molecule has 2 aromatic rings. The maximum atomic E-state index is 12.2. The van der Waals surface area contributed by atoms with Gasteiger partial charge in [0.1, 0.15) is 5.69 Å². The summed E-state index contributed by atoms with van der Waals surface area (Å²) in [6.07, 6.45) is 4.52. The average molecular weight is 360 g/mol. The number of sulfonamides is 1. The molecule has 132 valence electrons. The number of benzene rings is 1. The highest BCUT2D eigenvalue weighted by atomic mass is 32.2. The molecule has 3 rings (SSSR count). The largest absolute Gasteiger partial charge is 0.382 e. The van der Waals surface area contributed by atoms with E-state index in [0.717, 1.165) is 24.1 Å². The normalized spacial score (nSPS) is 14.1. The van der Waals surface area contributed by atoms with Crippen molar-refractivity contribution < 1.29 is 13.2 Å². The van der Waals surface area contributed by atoms with Crippen LogP contribution in [-0.4, -0.2) is 31.9 Å². The molecule has 1 aliphatic rings. The molecule has 4 N–H and O–H groups in total. The van der Waals surface area contributed by atoms with Crippen molar-refractivity contribution in [2.45, 2.75) is 30.2 Å². The third kappa shape index (κ3) is 5.01. The van der Waals surface area contributed by atoms with Crippen LogP contribution in [0.25, 0.3) is 0 Å². The molecule has 1 aromatic carbocycles. The molecular weight excluding hydrogens is 340 g/mol. The number of rotatable bonds is 7. The SMILES string of the molecule is NS(=O)(=O)c1ccc(CCNC(=O)c2cc(NC3CC3)ccn2)cc1. The van der Waals surface area contributed by atoms with Crippen LogP contribution in [0.3, 0.4) is 0 Å². The number of carbonyl (C=O) groups excluding carboxylic acids is 1. The number of anilines is 1. The van der Waals surface area contributed by atoms with Gasteiger partial charge in [0.25, 0.3) is 5.91 Å². The van der Waals surface area contributed by atoms with Gasteiger partial charge in [-0.15, -0.1) is 0 Å². The van der Waals surface area contributed by atoms with Gasteiger partial charge in [-0.1, -0.05) is 12.1 Å². The summed E-state index contributed by atoms with van der Waals surface area (Å²) in [5.74, 6) is -0.236. The minimum absolute atomic E-state index is 0.0736. The number of carbonyl (C=O) groups is 1. The van der Waals surface area contributed by atoms with Crippen LogP contribution >= 0.6 is 0 Å². The zero-order chi connectivity index (χ0) is 17.9. The van der Waals surface area contributed by atoms with E-state index in [4.69, 9.17) is 5.14 Å². The second-order valence-corrected chi connectivity index (χ2v) is 7.60. The first-order valence-electron chi connectivity index (χ1n) is 8.04. The number of nitrogens with two attached hydrogens (primary N) is 1. The fourth-order valence-corrected chi connectivity index (χ4v) is 2.88. The highest BCUT2D eigenvalue weighted by molar-refractivity contribution is 7.89. The van der Waals surface area contributed by atoms with Gasteiger partial charge in [0.2, 0.25) is 10.0 Å². The summed E-state index contributed by atoms with van der Waals surface area (Å²) in [6, 6.07) is 10.4. The Bertz CT molecular complexity index is 862. The zero-order valence-electron chi connectivity index (χ0n) is 13.6. The number of nitrogens with one attached hydrogen (secondary N) is 2. The van der Waals surface area contributed by atoms with E-state index in [1.807, 2.05) is 6.07 Å². The van der Waals surface area contributed by atoms with Crippen LogP contribution in [0.5, 0.6) is 0 Å². The Morgan fingerprint density at radius 3 is 2.56 bits per heavy atom. The van der Waals surface area contributed by atoms with E-state index in [1.54, 1.807) is 24.4 Å². The summed E-state index contributed by atoms with van der Waals surface area (Å²) < 4.78 is 22.4. The van der Waals surface area contributed by atoms with Crippen LogP contribution in [0.4, 0.5) is 5.69 Å². The number of pyridine rings is 1. The van der Waals surface area contributed by atoms with Crippen LogP contribution in [0.15, 0.2) is 47.5 Å². The van der Waals surface area contributed by atoms with E-state index >= 15 is 0 Å². The van der Waals surface area contributed by atoms with Crippen LogP contribution < -0.4 is 15.8 Å². The van der Waals surface area contributed by atoms with Crippen molar-refractivity contribution in [3.63, 3.8) is 0 Å². The van der Waals surface area contributed by atoms with Gasteiger partial charge in [0, 0.05) is 24.5 Å². The smallest absolute Gasteiger partial charge is 0.269 e. The van der Waals surface area contributed by atoms with Crippen LogP contribution in [0.1, 0.15) is 28.9 Å². The molecule has 0 radical (unpaired) electrons. The molecule has 0 saturated heterocycles. The van der Waals surface area contributed by atoms with E-state index in [1.165, 1.54) is 12.1 Å². The van der Waals surface area contributed by atoms with Gasteiger partial charge >= 0.3 is 0 Å². The molecule has 0 spiro atoms. The molecular formula is C17H20N4O3S. The molecule has 1 aromatic heterocycles. The van der Waals surface area contributed by atoms with Crippen molar-refractivity contribution >= 4 is 21.6 Å². The van der Waals surface area contributed by atoms with Crippen molar-refractivity contribution in [1.82, 2.24) is 10.3 Å². The highest BCUT2D eigenvalue weighted by Gasteiger charge is 2.21. The first-order chi connectivity index (χ1) is 11.9. The molecule has 0 aliphatic heterocycles. The second-order valence-electron chi connectivity index (χ2n) is 6.04. The van der Waals surface area contributed by atoms with Crippen molar-refractivity contribution in [2.24, 2.45) is 5.14 Å². The van der Waals surface area contributed by atoms with E-state index in [0.29, 0.717) is 24.7 Å². The number of primary sulfonamides is 1. The number of hydrogen-bond acceptors (Lipinski definition) is 5. The van der Waals surface area contributed by atoms with Gasteiger partial charge in [-0.3, -0.25) is 9.78 Å². The third-order valence-electron chi connectivity index (χ3n) is 3.89. The molecule has 0 bridgehead atoms. The predicted molar refractivity (Wildman–Crippen MR) is 94.7 cm³/mol. The number of hydrogen-bond donors (Lipinski definition) is 3. The first-order valence-corrected chi connectivity index (χ1v) is 9.59. The van der Waals surface area contributed by atoms with Gasteiger partial charge in [-0.05, 0) is 49.1 Å². The lowest BCUT2D eigenvalue weighted by Gasteiger charge is -2.08. The maximum absolute atomic E-state index is 12.2. The number of amides is 1. The maximum Gasteiger partial charge on any atom is 0.269 e. The Balaban J connectivity index is 1.52. The Kier molecular flexibility index (Phi) is 5.00. The fraction of sp³-hybridized carbons (Fsp3) is 0.294. The minimum Gasteiger partial charge on any atom is -0.382 e. The fourth-order valence-electron chi connectivity index (χ4n) is 2.36. The summed E-state index contributed by atoms with van der Waals surface area (Å²) in [7, 11) is -3.68. The molecule has 25 heavy (non-hydrogen) atoms. The van der Waals surface area contributed by atoms with Crippen molar-refractivity contribution in [3.8, 4) is 0 Å². The topological polar surface area (TPSA) is 114 Å². The van der Waals surface area contributed by atoms with Crippen molar-refractivity contribution in [3.05, 3.63) is 53.9 Å². The summed E-state index contributed by atoms with van der Waals surface area (Å²) >= 11 is 0. The lowest BCUT2D eigenvalue weighted by Crippen LogP contribution is -2.26. The van der Waals surface area contributed by atoms with Crippen LogP contribution in [0.2, 0.25) is 0 Å². The Labute approximate surface area is 146 Å². The summed E-state index contributed by atoms with van der Waals surface area (Å²) in [5.41, 5.74) is 2.18. The summed E-state index contributed by atoms with van der Waals surface area (Å²) in [6.45, 7) is 0.426. The molecule has 1 amide bonds. The van der Waals surface area contributed by atoms with Gasteiger partial charge in [0.05, 0.1) is 4.90 Å². The summed E-state index contributed by atoms with van der Waals surface area (Å²) in [4.78, 5) is 16.3. The molecule has 1 saturated carbocycles. The highest BCUT2D eigenvalue weighted by Crippen LogP contribution is 2.24. The zero-order valence-corrected chi connectivity index (χ0v) is 14.4. The van der Waals surface area contributed by atoms with Gasteiger partial charge in [-0.25, -0.2) is 13.6 Å². The van der Waals surface area contributed by atoms with Crippen molar-refractivity contribution in [2.75, 3.05) is 11.9 Å². The second kappa shape index (κ2) is 7.20. The van der Waals surface area contributed by atoms with E-state index < -0.39 is 10.0 Å². The number of nitrogens with zero attached hydrogens (tertiary/aromatic N) is 1. The van der Waals surface area contributed by atoms with Crippen LogP contribution in [-0.2, 0) is 16.4 Å². The first kappa shape index (κ1) is 17.4. The minimum atomic E-state index is -3.68. The van der Waals surface area contributed by atoms with E-state index in [9.17, 15) is 13.2 Å². The third-order valence-corrected chi connectivity index (χ3v) is 4.82. The molecule has 1 aliphatic carbocycles. The monoisotopic (exact) mass is 360 g/mol. The van der Waals surface area contributed by atoms with Gasteiger partial charge in [0.15, 0.2) is 0 Å². The Hall–Kier alpha value is -2.45. The molecule has 1 fully saturated rings. The molecule has 1 heterocycles. The van der Waals surface area contributed by atoms with E-state index in [-0.39, 0.29) is 10.8 Å². The Morgan fingerprint density at radius 1 is 1.20 bits per heavy atom. The standard InChI is InChI=1S/C17H20N4O3S/c18-25(23,24)15-5-1-12(2-6-15)7-9-20-17(22)16-11-14(8-10-19-16)21-13-3-4-13/h1-2,5-6,8,10-11,13H,3-4,7,9H2,(H,19,21)(H,20,22)(H2,18,23,24). The average Bonchev–Trinajstić information content (AvgIpc) is 3.38. The molecule has 8 heteroatoms. The Morgan fingerprint density at radius 2 is 1.92 bits per heavy atom. The van der Waals surface area contributed by atoms with Crippen LogP contribution in [0, 0.1) is 0 Å². The van der Waals surface area contributed by atoms with Gasteiger partial charge in [-0.2, -0.15) is 0 Å². The quantitative estimate of drug-likeness (QED) is 0.688. The van der Waals surface area contributed by atoms with Gasteiger partial charge < -0.3 is 10.6 Å².